The van der Waals surface area contributed by atoms with Gasteiger partial charge in [0.25, 0.3) is 5.91 Å². The first-order valence-electron chi connectivity index (χ1n) is 12.4. The highest BCUT2D eigenvalue weighted by Crippen LogP contribution is 2.29. The highest BCUT2D eigenvalue weighted by Gasteiger charge is 2.14. The van der Waals surface area contributed by atoms with E-state index in [9.17, 15) is 4.79 Å². The minimum atomic E-state index is -0.0441. The first-order chi connectivity index (χ1) is 18.0. The summed E-state index contributed by atoms with van der Waals surface area (Å²) < 4.78 is 11.3. The van der Waals surface area contributed by atoms with Gasteiger partial charge in [-0.25, -0.2) is 4.98 Å². The Hall–Kier alpha value is -3.84. The number of rotatable bonds is 12. The summed E-state index contributed by atoms with van der Waals surface area (Å²) in [5.41, 5.74) is 3.73. The number of methoxy groups -OCH3 is 1. The predicted octanol–water partition coefficient (Wildman–Crippen LogP) is 6.29. The molecule has 0 aliphatic heterocycles. The summed E-state index contributed by atoms with van der Waals surface area (Å²) in [6.07, 6.45) is 0. The number of nitrogens with one attached hydrogen (secondary N) is 1. The van der Waals surface area contributed by atoms with Gasteiger partial charge in [-0.15, -0.1) is 11.3 Å². The lowest BCUT2D eigenvalue weighted by Crippen LogP contribution is -2.28. The number of hydrogen-bond acceptors (Lipinski definition) is 6. The van der Waals surface area contributed by atoms with E-state index >= 15 is 0 Å². The molecule has 1 aromatic heterocycles. The molecule has 3 aromatic carbocycles. The Balaban J connectivity index is 1.48. The lowest BCUT2D eigenvalue weighted by molar-refractivity contribution is 0.0949. The van der Waals surface area contributed by atoms with E-state index in [1.165, 1.54) is 0 Å². The minimum Gasteiger partial charge on any atom is -0.497 e. The van der Waals surface area contributed by atoms with Crippen LogP contribution in [0.1, 0.15) is 29.8 Å². The smallest absolute Gasteiger partial charge is 0.251 e. The summed E-state index contributed by atoms with van der Waals surface area (Å²) in [5.74, 6) is 2.03. The number of aromatic nitrogens is 1. The lowest BCUT2D eigenvalue weighted by atomic mass is 10.1. The van der Waals surface area contributed by atoms with Crippen LogP contribution in [-0.2, 0) is 6.54 Å². The van der Waals surface area contributed by atoms with Crippen molar-refractivity contribution in [1.82, 2.24) is 10.3 Å². The van der Waals surface area contributed by atoms with Crippen molar-refractivity contribution >= 4 is 22.4 Å². The topological polar surface area (TPSA) is 63.7 Å². The van der Waals surface area contributed by atoms with E-state index in [0.29, 0.717) is 37.7 Å². The van der Waals surface area contributed by atoms with Crippen LogP contribution in [0, 0.1) is 5.92 Å². The predicted molar refractivity (Wildman–Crippen MR) is 151 cm³/mol. The third kappa shape index (κ3) is 7.57. The van der Waals surface area contributed by atoms with Crippen molar-refractivity contribution in [3.8, 4) is 22.8 Å². The van der Waals surface area contributed by atoms with Gasteiger partial charge >= 0.3 is 0 Å². The molecule has 7 heteroatoms. The van der Waals surface area contributed by atoms with Crippen LogP contribution in [0.5, 0.6) is 11.5 Å². The minimum absolute atomic E-state index is 0.0441. The standard InChI is InChI=1S/C30H33N3O3S/c1-22(2)19-31-29(34)25-11-9-23(10-12-25)20-33(17-18-36-27-7-5-4-6-8-27)30-32-28(21-37-30)24-13-15-26(35-3)16-14-24/h4-16,21-22H,17-20H2,1-3H3,(H,31,34). The molecule has 0 fully saturated rings. The first-order valence-corrected chi connectivity index (χ1v) is 13.3. The zero-order valence-corrected chi connectivity index (χ0v) is 22.3. The molecule has 0 saturated heterocycles. The normalized spacial score (nSPS) is 10.8. The fraction of sp³-hybridized carbons (Fsp3) is 0.267. The van der Waals surface area contributed by atoms with E-state index < -0.39 is 0 Å². The molecule has 0 bridgehead atoms. The average Bonchev–Trinajstić information content (AvgIpc) is 3.42. The van der Waals surface area contributed by atoms with Crippen LogP contribution in [-0.4, -0.2) is 37.7 Å². The first kappa shape index (κ1) is 26.2. The monoisotopic (exact) mass is 515 g/mol. The SMILES string of the molecule is COc1ccc(-c2csc(N(CCOc3ccccc3)Cc3ccc(C(=O)NCC(C)C)cc3)n2)cc1. The Labute approximate surface area is 222 Å². The molecule has 0 saturated carbocycles. The van der Waals surface area contributed by atoms with Gasteiger partial charge in [0, 0.05) is 29.6 Å². The lowest BCUT2D eigenvalue weighted by Gasteiger charge is -2.22. The molecule has 192 valence electrons. The van der Waals surface area contributed by atoms with Gasteiger partial charge in [0.2, 0.25) is 0 Å². The Kier molecular flexibility index (Phi) is 9.16. The highest BCUT2D eigenvalue weighted by atomic mass is 32.1. The van der Waals surface area contributed by atoms with E-state index in [1.807, 2.05) is 78.9 Å². The maximum absolute atomic E-state index is 12.4. The van der Waals surface area contributed by atoms with Crippen LogP contribution >= 0.6 is 11.3 Å². The van der Waals surface area contributed by atoms with Crippen molar-refractivity contribution in [2.45, 2.75) is 20.4 Å². The number of hydrogen-bond donors (Lipinski definition) is 1. The number of carbonyl (C=O) groups excluding carboxylic acids is 1. The van der Waals surface area contributed by atoms with Gasteiger partial charge < -0.3 is 19.7 Å². The van der Waals surface area contributed by atoms with Crippen LogP contribution in [0.3, 0.4) is 0 Å². The molecule has 0 aliphatic carbocycles. The van der Waals surface area contributed by atoms with E-state index in [4.69, 9.17) is 14.5 Å². The van der Waals surface area contributed by atoms with E-state index in [-0.39, 0.29) is 5.91 Å². The van der Waals surface area contributed by atoms with Crippen LogP contribution in [0.2, 0.25) is 0 Å². The largest absolute Gasteiger partial charge is 0.497 e. The molecule has 0 unspecified atom stereocenters. The number of nitrogens with zero attached hydrogens (tertiary/aromatic N) is 2. The Bertz CT molecular complexity index is 1260. The van der Waals surface area contributed by atoms with Crippen molar-refractivity contribution in [3.63, 3.8) is 0 Å². The second-order valence-corrected chi connectivity index (χ2v) is 9.96. The van der Waals surface area contributed by atoms with Crippen molar-refractivity contribution < 1.29 is 14.3 Å². The van der Waals surface area contributed by atoms with Crippen molar-refractivity contribution in [1.29, 1.82) is 0 Å². The molecule has 1 N–H and O–H groups in total. The van der Waals surface area contributed by atoms with E-state index in [2.05, 4.69) is 29.4 Å². The van der Waals surface area contributed by atoms with E-state index in [1.54, 1.807) is 18.4 Å². The summed E-state index contributed by atoms with van der Waals surface area (Å²) in [6.45, 7) is 6.67. The third-order valence-corrected chi connectivity index (χ3v) is 6.68. The third-order valence-electron chi connectivity index (χ3n) is 5.78. The number of carbonyl (C=O) groups is 1. The van der Waals surface area contributed by atoms with Gasteiger partial charge in [-0.1, -0.05) is 44.2 Å². The molecular formula is C30H33N3O3S. The number of thiazole rings is 1. The molecule has 0 aliphatic rings. The molecule has 1 amide bonds. The summed E-state index contributed by atoms with van der Waals surface area (Å²) in [6, 6.07) is 25.5. The van der Waals surface area contributed by atoms with Gasteiger partial charge in [-0.05, 0) is 60.0 Å². The van der Waals surface area contributed by atoms with Crippen LogP contribution in [0.4, 0.5) is 5.13 Å². The van der Waals surface area contributed by atoms with Gasteiger partial charge in [0.05, 0.1) is 19.3 Å². The van der Waals surface area contributed by atoms with Gasteiger partial charge in [0.15, 0.2) is 5.13 Å². The van der Waals surface area contributed by atoms with Crippen molar-refractivity contribution in [3.05, 3.63) is 95.4 Å². The zero-order valence-electron chi connectivity index (χ0n) is 21.5. The van der Waals surface area contributed by atoms with Crippen LogP contribution < -0.4 is 19.7 Å². The Morgan fingerprint density at radius 1 is 0.973 bits per heavy atom. The van der Waals surface area contributed by atoms with Crippen LogP contribution in [0.25, 0.3) is 11.3 Å². The second kappa shape index (κ2) is 12.9. The molecule has 4 rings (SSSR count). The summed E-state index contributed by atoms with van der Waals surface area (Å²) >= 11 is 1.61. The average molecular weight is 516 g/mol. The number of amides is 1. The molecule has 0 atom stereocenters. The summed E-state index contributed by atoms with van der Waals surface area (Å²) in [5, 5.41) is 5.96. The molecule has 6 nitrogen and oxygen atoms in total. The number of para-hydroxylation sites is 1. The molecule has 0 radical (unpaired) electrons. The highest BCUT2D eigenvalue weighted by molar-refractivity contribution is 7.14. The van der Waals surface area contributed by atoms with Gasteiger partial charge in [0.1, 0.15) is 18.1 Å². The fourth-order valence-corrected chi connectivity index (χ4v) is 4.58. The fourth-order valence-electron chi connectivity index (χ4n) is 3.72. The van der Waals surface area contributed by atoms with E-state index in [0.717, 1.165) is 33.5 Å². The molecule has 0 spiro atoms. The molecule has 1 heterocycles. The number of benzene rings is 3. The summed E-state index contributed by atoms with van der Waals surface area (Å²) in [4.78, 5) is 19.5. The van der Waals surface area contributed by atoms with Crippen molar-refractivity contribution in [2.24, 2.45) is 5.92 Å². The van der Waals surface area contributed by atoms with Crippen LogP contribution in [0.15, 0.2) is 84.2 Å². The van der Waals surface area contributed by atoms with Crippen molar-refractivity contribution in [2.75, 3.05) is 31.7 Å². The molecular weight excluding hydrogens is 482 g/mol. The maximum Gasteiger partial charge on any atom is 0.251 e. The van der Waals surface area contributed by atoms with Gasteiger partial charge in [-0.2, -0.15) is 0 Å². The maximum atomic E-state index is 12.4. The Morgan fingerprint density at radius 2 is 1.70 bits per heavy atom. The molecule has 37 heavy (non-hydrogen) atoms. The number of ether oxygens (including phenoxy) is 2. The number of anilines is 1. The summed E-state index contributed by atoms with van der Waals surface area (Å²) in [7, 11) is 1.66. The molecule has 4 aromatic rings. The zero-order chi connectivity index (χ0) is 26.0. The Morgan fingerprint density at radius 3 is 2.38 bits per heavy atom. The quantitative estimate of drug-likeness (QED) is 0.240. The van der Waals surface area contributed by atoms with Gasteiger partial charge in [-0.3, -0.25) is 4.79 Å². The second-order valence-electron chi connectivity index (χ2n) is 9.13.